The molecule has 0 aromatic heterocycles. The molecule has 5 heteroatoms. The first kappa shape index (κ1) is 23.9. The Bertz CT molecular complexity index is 321. The summed E-state index contributed by atoms with van der Waals surface area (Å²) in [5.41, 5.74) is 5.34. The number of hydrogen-bond acceptors (Lipinski definition) is 5. The molecule has 0 rings (SSSR count). The maximum Gasteiger partial charge on any atom is 0.305 e. The van der Waals surface area contributed by atoms with Crippen molar-refractivity contribution in [3.05, 3.63) is 0 Å². The molecule has 148 valence electrons. The van der Waals surface area contributed by atoms with Crippen LogP contribution in [-0.2, 0) is 19.1 Å². The number of unbranched alkanes of at least 4 members (excludes halogenated alkanes) is 9. The molecule has 0 atom stereocenters. The molecule has 25 heavy (non-hydrogen) atoms. The van der Waals surface area contributed by atoms with Gasteiger partial charge in [0.2, 0.25) is 0 Å². The van der Waals surface area contributed by atoms with Crippen LogP contribution in [0, 0.1) is 0 Å². The summed E-state index contributed by atoms with van der Waals surface area (Å²) in [5.74, 6) is -0.206. The van der Waals surface area contributed by atoms with E-state index in [0.717, 1.165) is 44.9 Å². The normalized spacial score (nSPS) is 10.6. The van der Waals surface area contributed by atoms with Gasteiger partial charge in [0.05, 0.1) is 13.2 Å². The molecule has 0 bridgehead atoms. The van der Waals surface area contributed by atoms with Gasteiger partial charge in [-0.3, -0.25) is 9.59 Å². The van der Waals surface area contributed by atoms with Crippen LogP contribution < -0.4 is 5.73 Å². The highest BCUT2D eigenvalue weighted by atomic mass is 16.5. The quantitative estimate of drug-likeness (QED) is 0.288. The summed E-state index contributed by atoms with van der Waals surface area (Å²) in [6, 6.07) is 0. The van der Waals surface area contributed by atoms with Gasteiger partial charge < -0.3 is 15.2 Å². The third-order valence-electron chi connectivity index (χ3n) is 4.13. The van der Waals surface area contributed by atoms with E-state index in [-0.39, 0.29) is 11.9 Å². The lowest BCUT2D eigenvalue weighted by atomic mass is 10.1. The molecule has 0 aromatic rings. The van der Waals surface area contributed by atoms with Crippen molar-refractivity contribution in [2.24, 2.45) is 5.73 Å². The van der Waals surface area contributed by atoms with E-state index in [1.165, 1.54) is 25.7 Å². The van der Waals surface area contributed by atoms with Gasteiger partial charge in [-0.1, -0.05) is 58.3 Å². The Morgan fingerprint density at radius 1 is 0.640 bits per heavy atom. The van der Waals surface area contributed by atoms with E-state index in [1.807, 2.05) is 0 Å². The summed E-state index contributed by atoms with van der Waals surface area (Å²) in [7, 11) is 0. The van der Waals surface area contributed by atoms with Gasteiger partial charge in [-0.15, -0.1) is 0 Å². The van der Waals surface area contributed by atoms with Crippen molar-refractivity contribution < 1.29 is 19.1 Å². The highest BCUT2D eigenvalue weighted by Crippen LogP contribution is 2.08. The van der Waals surface area contributed by atoms with E-state index >= 15 is 0 Å². The summed E-state index contributed by atoms with van der Waals surface area (Å²) >= 11 is 0. The summed E-state index contributed by atoms with van der Waals surface area (Å²) < 4.78 is 10.4. The van der Waals surface area contributed by atoms with Crippen LogP contribution in [0.1, 0.15) is 96.8 Å². The summed E-state index contributed by atoms with van der Waals surface area (Å²) in [4.78, 5) is 22.8. The first-order valence-electron chi connectivity index (χ1n) is 10.2. The third-order valence-corrected chi connectivity index (χ3v) is 4.13. The number of carbonyl (C=O) groups excluding carboxylic acids is 2. The third kappa shape index (κ3) is 19.1. The van der Waals surface area contributed by atoms with Crippen molar-refractivity contribution >= 4 is 11.9 Å². The number of carbonyl (C=O) groups is 2. The Morgan fingerprint density at radius 3 is 1.60 bits per heavy atom. The monoisotopic (exact) mass is 357 g/mol. The molecule has 0 aromatic carbocycles. The molecule has 5 nitrogen and oxygen atoms in total. The average Bonchev–Trinajstić information content (AvgIpc) is 2.61. The van der Waals surface area contributed by atoms with Crippen LogP contribution in [0.5, 0.6) is 0 Å². The predicted molar refractivity (Wildman–Crippen MR) is 101 cm³/mol. The number of hydrogen-bond donors (Lipinski definition) is 1. The van der Waals surface area contributed by atoms with Crippen molar-refractivity contribution in [2.45, 2.75) is 96.8 Å². The van der Waals surface area contributed by atoms with Crippen molar-refractivity contribution in [3.8, 4) is 0 Å². The fourth-order valence-corrected chi connectivity index (χ4v) is 2.55. The van der Waals surface area contributed by atoms with Crippen LogP contribution in [-0.4, -0.2) is 31.7 Å². The zero-order valence-electron chi connectivity index (χ0n) is 16.2. The Balaban J connectivity index is 3.22. The van der Waals surface area contributed by atoms with Crippen molar-refractivity contribution in [1.29, 1.82) is 0 Å². The van der Waals surface area contributed by atoms with Gasteiger partial charge >= 0.3 is 11.9 Å². The first-order chi connectivity index (χ1) is 12.2. The van der Waals surface area contributed by atoms with Crippen molar-refractivity contribution in [3.63, 3.8) is 0 Å². The molecular formula is C20H39NO4. The Labute approximate surface area is 154 Å². The van der Waals surface area contributed by atoms with Gasteiger partial charge in [-0.2, -0.15) is 0 Å². The van der Waals surface area contributed by atoms with E-state index in [1.54, 1.807) is 0 Å². The van der Waals surface area contributed by atoms with E-state index in [2.05, 4.69) is 6.92 Å². The molecule has 0 radical (unpaired) electrons. The maximum absolute atomic E-state index is 11.6. The molecule has 0 aliphatic rings. The first-order valence-corrected chi connectivity index (χ1v) is 10.2. The molecular weight excluding hydrogens is 318 g/mol. The molecule has 0 aliphatic heterocycles. The van der Waals surface area contributed by atoms with E-state index in [4.69, 9.17) is 15.2 Å². The Kier molecular flexibility index (Phi) is 18.4. The van der Waals surface area contributed by atoms with Crippen LogP contribution >= 0.6 is 0 Å². The van der Waals surface area contributed by atoms with Crippen molar-refractivity contribution in [1.82, 2.24) is 0 Å². The smallest absolute Gasteiger partial charge is 0.305 e. The Morgan fingerprint density at radius 2 is 1.08 bits per heavy atom. The highest BCUT2D eigenvalue weighted by Gasteiger charge is 2.03. The summed E-state index contributed by atoms with van der Waals surface area (Å²) in [5, 5.41) is 0. The predicted octanol–water partition coefficient (Wildman–Crippen LogP) is 4.51. The zero-order valence-corrected chi connectivity index (χ0v) is 16.2. The molecule has 0 heterocycles. The van der Waals surface area contributed by atoms with Crippen LogP contribution in [0.4, 0.5) is 0 Å². The van der Waals surface area contributed by atoms with Gasteiger partial charge in [-0.05, 0) is 32.2 Å². The Hall–Kier alpha value is -1.10. The molecule has 2 N–H and O–H groups in total. The minimum absolute atomic E-state index is 0.0557. The largest absolute Gasteiger partial charge is 0.466 e. The number of rotatable bonds is 18. The van der Waals surface area contributed by atoms with Gasteiger partial charge in [0.25, 0.3) is 0 Å². The molecule has 0 unspecified atom stereocenters. The van der Waals surface area contributed by atoms with E-state index in [0.29, 0.717) is 39.0 Å². The van der Waals surface area contributed by atoms with Crippen LogP contribution in [0.25, 0.3) is 0 Å². The number of ether oxygens (including phenoxy) is 2. The lowest BCUT2D eigenvalue weighted by molar-refractivity contribution is -0.144. The average molecular weight is 358 g/mol. The molecule has 0 fully saturated rings. The molecule has 0 aliphatic carbocycles. The highest BCUT2D eigenvalue weighted by molar-refractivity contribution is 5.69. The SMILES string of the molecule is CCCCCCCCC(=O)OCCCCCCCOC(=O)CCCN. The van der Waals surface area contributed by atoms with Crippen LogP contribution in [0.2, 0.25) is 0 Å². The molecule has 0 saturated carbocycles. The second kappa shape index (κ2) is 19.2. The molecule has 0 amide bonds. The van der Waals surface area contributed by atoms with E-state index < -0.39 is 0 Å². The minimum atomic E-state index is -0.150. The topological polar surface area (TPSA) is 78.6 Å². The van der Waals surface area contributed by atoms with Gasteiger partial charge in [-0.25, -0.2) is 0 Å². The van der Waals surface area contributed by atoms with Crippen molar-refractivity contribution in [2.75, 3.05) is 19.8 Å². The van der Waals surface area contributed by atoms with E-state index in [9.17, 15) is 9.59 Å². The molecule has 0 spiro atoms. The zero-order chi connectivity index (χ0) is 18.6. The number of nitrogens with two attached hydrogens (primary N) is 1. The fraction of sp³-hybridized carbons (Fsp3) is 0.900. The lowest BCUT2D eigenvalue weighted by Crippen LogP contribution is -2.08. The summed E-state index contributed by atoms with van der Waals surface area (Å²) in [6.45, 7) is 3.76. The minimum Gasteiger partial charge on any atom is -0.466 e. The summed E-state index contributed by atoms with van der Waals surface area (Å²) in [6.07, 6.45) is 13.8. The van der Waals surface area contributed by atoms with Crippen LogP contribution in [0.15, 0.2) is 0 Å². The molecule has 0 saturated heterocycles. The second-order valence-electron chi connectivity index (χ2n) is 6.62. The standard InChI is InChI=1S/C20H39NO4/c1-2-3-4-5-7-10-14-19(22)24-17-11-8-6-9-12-18-25-20(23)15-13-16-21/h2-18,21H2,1H3. The van der Waals surface area contributed by atoms with Crippen LogP contribution in [0.3, 0.4) is 0 Å². The van der Waals surface area contributed by atoms with Gasteiger partial charge in [0.15, 0.2) is 0 Å². The maximum atomic E-state index is 11.6. The second-order valence-corrected chi connectivity index (χ2v) is 6.62. The fourth-order valence-electron chi connectivity index (χ4n) is 2.55. The van der Waals surface area contributed by atoms with Gasteiger partial charge in [0.1, 0.15) is 0 Å². The number of esters is 2. The van der Waals surface area contributed by atoms with Gasteiger partial charge in [0, 0.05) is 12.8 Å². The lowest BCUT2D eigenvalue weighted by Gasteiger charge is -2.06.